The Kier molecular flexibility index (Phi) is 16.1. The summed E-state index contributed by atoms with van der Waals surface area (Å²) in [6.45, 7) is 9.36. The van der Waals surface area contributed by atoms with Gasteiger partial charge in [-0.15, -0.1) is 22.7 Å². The van der Waals surface area contributed by atoms with Gasteiger partial charge in [-0.3, -0.25) is 0 Å². The molecule has 2 heterocycles. The molecule has 0 nitrogen and oxygen atoms in total. The quantitative estimate of drug-likeness (QED) is 0.0540. The third-order valence-electron chi connectivity index (χ3n) is 12.0. The fourth-order valence-electron chi connectivity index (χ4n) is 9.01. The average Bonchev–Trinajstić information content (AvgIpc) is 3.74. The summed E-state index contributed by atoms with van der Waals surface area (Å²) in [7, 11) is 0. The maximum Gasteiger partial charge on any atom is 0.0433 e. The van der Waals surface area contributed by atoms with E-state index in [1.165, 1.54) is 191 Å². The van der Waals surface area contributed by atoms with Crippen molar-refractivity contribution in [3.05, 3.63) is 93.7 Å². The highest BCUT2D eigenvalue weighted by Gasteiger charge is 2.23. The molecule has 0 N–H and O–H groups in total. The van der Waals surface area contributed by atoms with Crippen LogP contribution in [0, 0.1) is 13.8 Å². The van der Waals surface area contributed by atoms with Crippen molar-refractivity contribution in [2.45, 2.75) is 169 Å². The maximum atomic E-state index is 2.65. The van der Waals surface area contributed by atoms with E-state index >= 15 is 0 Å². The molecule has 0 spiro atoms. The minimum atomic E-state index is 1.16. The van der Waals surface area contributed by atoms with Crippen LogP contribution in [0.15, 0.2) is 72.8 Å². The molecule has 0 aliphatic rings. The van der Waals surface area contributed by atoms with Crippen LogP contribution in [0.2, 0.25) is 0 Å². The zero-order chi connectivity index (χ0) is 37.5. The highest BCUT2D eigenvalue weighted by molar-refractivity contribution is 7.22. The SMILES string of the molecule is CCCCCCCCCCCCc1cc2c(cc(CCCCCCCCCCCC)c3c(-c4ccccc4)c(C)sc32)c2sc(C)c(-c3ccccc3)c12. The number of rotatable bonds is 24. The number of thiophene rings is 2. The Bertz CT molecular complexity index is 1860. The summed E-state index contributed by atoms with van der Waals surface area (Å²) < 4.78 is 3.04. The van der Waals surface area contributed by atoms with Gasteiger partial charge in [-0.25, -0.2) is 0 Å². The van der Waals surface area contributed by atoms with E-state index in [2.05, 4.69) is 100 Å². The minimum absolute atomic E-state index is 1.16. The predicted octanol–water partition coefficient (Wildman–Crippen LogP) is 18.1. The summed E-state index contributed by atoms with van der Waals surface area (Å²) in [6.07, 6.45) is 29.9. The number of aryl methyl sites for hydroxylation is 4. The largest absolute Gasteiger partial charge is 0.139 e. The second kappa shape index (κ2) is 21.4. The first kappa shape index (κ1) is 40.7. The smallest absolute Gasteiger partial charge is 0.0433 e. The van der Waals surface area contributed by atoms with Gasteiger partial charge in [-0.2, -0.15) is 0 Å². The molecule has 0 aliphatic carbocycles. The molecule has 288 valence electrons. The maximum absolute atomic E-state index is 2.65. The summed E-state index contributed by atoms with van der Waals surface area (Å²) in [4.78, 5) is 2.91. The molecule has 2 heteroatoms. The van der Waals surface area contributed by atoms with Gasteiger partial charge in [0.15, 0.2) is 0 Å². The molecule has 4 aromatic carbocycles. The second-order valence-electron chi connectivity index (χ2n) is 16.2. The molecule has 54 heavy (non-hydrogen) atoms. The van der Waals surface area contributed by atoms with E-state index in [4.69, 9.17) is 0 Å². The van der Waals surface area contributed by atoms with Crippen LogP contribution in [0.5, 0.6) is 0 Å². The number of hydrogen-bond donors (Lipinski definition) is 0. The van der Waals surface area contributed by atoms with E-state index in [1.54, 1.807) is 11.1 Å². The third kappa shape index (κ3) is 10.3. The van der Waals surface area contributed by atoms with Crippen molar-refractivity contribution in [1.29, 1.82) is 0 Å². The minimum Gasteiger partial charge on any atom is -0.139 e. The van der Waals surface area contributed by atoms with Gasteiger partial charge < -0.3 is 0 Å². The summed E-state index contributed by atoms with van der Waals surface area (Å²) in [5.74, 6) is 0. The fourth-order valence-corrected chi connectivity index (χ4v) is 11.5. The molecule has 0 unspecified atom stereocenters. The predicted molar refractivity (Wildman–Crippen MR) is 246 cm³/mol. The van der Waals surface area contributed by atoms with Crippen molar-refractivity contribution in [2.75, 3.05) is 0 Å². The Morgan fingerprint density at radius 2 is 0.704 bits per heavy atom. The molecule has 0 bridgehead atoms. The molecule has 0 saturated heterocycles. The second-order valence-corrected chi connectivity index (χ2v) is 18.7. The van der Waals surface area contributed by atoms with Gasteiger partial charge >= 0.3 is 0 Å². The fraction of sp³-hybridized carbons (Fsp3) is 0.500. The molecule has 0 fully saturated rings. The first-order valence-electron chi connectivity index (χ1n) is 22.2. The van der Waals surface area contributed by atoms with E-state index in [9.17, 15) is 0 Å². The Hall–Kier alpha value is -2.94. The first-order chi connectivity index (χ1) is 26.6. The van der Waals surface area contributed by atoms with Crippen LogP contribution in [0.1, 0.15) is 163 Å². The van der Waals surface area contributed by atoms with Crippen molar-refractivity contribution < 1.29 is 0 Å². The lowest BCUT2D eigenvalue weighted by atomic mass is 9.89. The summed E-state index contributed by atoms with van der Waals surface area (Å²) in [6, 6.07) is 27.8. The van der Waals surface area contributed by atoms with Crippen molar-refractivity contribution in [1.82, 2.24) is 0 Å². The van der Waals surface area contributed by atoms with Gasteiger partial charge in [0.2, 0.25) is 0 Å². The lowest BCUT2D eigenvalue weighted by molar-refractivity contribution is 0.556. The van der Waals surface area contributed by atoms with Crippen LogP contribution >= 0.6 is 22.7 Å². The standard InChI is InChI=1S/C52H68S2/c1-5-7-9-11-13-15-17-19-21-25-35-43-37-45-46(51-49(43)47(39(3)53-51)41-31-27-23-28-32-41)38-44(36-26-22-20-18-16-14-12-10-8-6-2)50-48(40(4)54-52(45)50)42-33-29-24-30-34-42/h23-24,27-34,37-38H,5-22,25-26,35-36H2,1-4H3. The highest BCUT2D eigenvalue weighted by atomic mass is 32.1. The van der Waals surface area contributed by atoms with E-state index in [-0.39, 0.29) is 0 Å². The summed E-state index contributed by atoms with van der Waals surface area (Å²) >= 11 is 4.10. The monoisotopic (exact) mass is 756 g/mol. The van der Waals surface area contributed by atoms with Crippen molar-refractivity contribution >= 4 is 53.6 Å². The van der Waals surface area contributed by atoms with Crippen molar-refractivity contribution in [2.24, 2.45) is 0 Å². The topological polar surface area (TPSA) is 0 Å². The summed E-state index contributed by atoms with van der Waals surface area (Å²) in [5.41, 5.74) is 8.82. The van der Waals surface area contributed by atoms with Crippen molar-refractivity contribution in [3.63, 3.8) is 0 Å². The van der Waals surface area contributed by atoms with Gasteiger partial charge in [0.1, 0.15) is 0 Å². The Morgan fingerprint density at radius 1 is 0.389 bits per heavy atom. The van der Waals surface area contributed by atoms with Gasteiger partial charge in [-0.05, 0) is 73.9 Å². The van der Waals surface area contributed by atoms with Crippen LogP contribution in [-0.4, -0.2) is 0 Å². The highest BCUT2D eigenvalue weighted by Crippen LogP contribution is 2.50. The summed E-state index contributed by atoms with van der Waals surface area (Å²) in [5, 5.41) is 6.05. The Labute approximate surface area is 336 Å². The van der Waals surface area contributed by atoms with Crippen LogP contribution in [-0.2, 0) is 12.8 Å². The van der Waals surface area contributed by atoms with Gasteiger partial charge in [0.25, 0.3) is 0 Å². The van der Waals surface area contributed by atoms with Crippen LogP contribution in [0.3, 0.4) is 0 Å². The molecular weight excluding hydrogens is 689 g/mol. The molecular formula is C52H68S2. The van der Waals surface area contributed by atoms with Gasteiger partial charge in [-0.1, -0.05) is 190 Å². The van der Waals surface area contributed by atoms with E-state index in [1.807, 2.05) is 22.7 Å². The van der Waals surface area contributed by atoms with Crippen LogP contribution in [0.4, 0.5) is 0 Å². The number of benzene rings is 4. The molecule has 0 amide bonds. The average molecular weight is 757 g/mol. The molecule has 6 aromatic rings. The van der Waals surface area contributed by atoms with Gasteiger partial charge in [0.05, 0.1) is 0 Å². The van der Waals surface area contributed by atoms with Crippen LogP contribution in [0.25, 0.3) is 53.2 Å². The molecule has 2 aromatic heterocycles. The van der Waals surface area contributed by atoms with Crippen molar-refractivity contribution in [3.8, 4) is 22.3 Å². The third-order valence-corrected chi connectivity index (χ3v) is 14.2. The molecule has 0 saturated carbocycles. The normalized spacial score (nSPS) is 11.9. The first-order valence-corrected chi connectivity index (χ1v) is 23.8. The number of fused-ring (bicyclic) bond motifs is 5. The zero-order valence-electron chi connectivity index (χ0n) is 34.3. The van der Waals surface area contributed by atoms with Gasteiger partial charge in [0, 0.05) is 51.8 Å². The van der Waals surface area contributed by atoms with E-state index < -0.39 is 0 Å². The Morgan fingerprint density at radius 3 is 1.04 bits per heavy atom. The lowest BCUT2D eigenvalue weighted by Gasteiger charge is -2.14. The number of hydrogen-bond acceptors (Lipinski definition) is 2. The molecule has 0 radical (unpaired) electrons. The van der Waals surface area contributed by atoms with Crippen LogP contribution < -0.4 is 0 Å². The van der Waals surface area contributed by atoms with E-state index in [0.29, 0.717) is 0 Å². The zero-order valence-corrected chi connectivity index (χ0v) is 35.9. The van der Waals surface area contributed by atoms with E-state index in [0.717, 1.165) is 12.8 Å². The number of unbranched alkanes of at least 4 members (excludes halogenated alkanes) is 18. The Balaban J connectivity index is 1.33. The molecule has 6 rings (SSSR count). The lowest BCUT2D eigenvalue weighted by Crippen LogP contribution is -1.94. The molecule has 0 aliphatic heterocycles. The molecule has 0 atom stereocenters.